The smallest absolute Gasteiger partial charge is 0.258 e. The van der Waals surface area contributed by atoms with Crippen molar-refractivity contribution in [2.24, 2.45) is 11.8 Å². The van der Waals surface area contributed by atoms with Crippen LogP contribution in [-0.2, 0) is 9.59 Å². The van der Waals surface area contributed by atoms with Gasteiger partial charge in [-0.05, 0) is 61.9 Å². The molecule has 3 aliphatic rings. The summed E-state index contributed by atoms with van der Waals surface area (Å²) >= 11 is 0. The molecule has 0 unspecified atom stereocenters. The first kappa shape index (κ1) is 18.2. The molecule has 146 valence electrons. The fraction of sp³-hybridized carbons (Fsp3) is 0.600. The Labute approximate surface area is 158 Å². The molecule has 0 spiro atoms. The van der Waals surface area contributed by atoms with Crippen molar-refractivity contribution in [3.05, 3.63) is 30.1 Å². The van der Waals surface area contributed by atoms with Crippen molar-refractivity contribution in [2.45, 2.75) is 37.8 Å². The van der Waals surface area contributed by atoms with Gasteiger partial charge in [-0.3, -0.25) is 9.59 Å². The minimum absolute atomic E-state index is 0.0432. The molecule has 0 aliphatic carbocycles. The highest BCUT2D eigenvalue weighted by molar-refractivity contribution is 5.79. The molecule has 4 rings (SSSR count). The van der Waals surface area contributed by atoms with Crippen molar-refractivity contribution in [1.29, 1.82) is 0 Å². The van der Waals surface area contributed by atoms with Crippen LogP contribution in [0.15, 0.2) is 24.3 Å². The van der Waals surface area contributed by atoms with Gasteiger partial charge in [0.1, 0.15) is 11.6 Å². The van der Waals surface area contributed by atoms with Gasteiger partial charge in [0.15, 0.2) is 6.61 Å². The summed E-state index contributed by atoms with van der Waals surface area (Å²) in [4.78, 5) is 26.9. The molecular formula is C20H26FN3O3. The third-order valence-electron chi connectivity index (χ3n) is 6.09. The SMILES string of the molecule is O=C(COc1ccc(F)cc1)NC[C@H]1[C@@H]2CNC[C@@H](C2)[C@@H]2CCCC(=O)N21. The van der Waals surface area contributed by atoms with Crippen molar-refractivity contribution >= 4 is 11.8 Å². The maximum absolute atomic E-state index is 12.9. The van der Waals surface area contributed by atoms with Gasteiger partial charge in [0.05, 0.1) is 6.04 Å². The van der Waals surface area contributed by atoms with E-state index in [2.05, 4.69) is 15.5 Å². The summed E-state index contributed by atoms with van der Waals surface area (Å²) < 4.78 is 18.3. The van der Waals surface area contributed by atoms with E-state index in [0.717, 1.165) is 32.4 Å². The summed E-state index contributed by atoms with van der Waals surface area (Å²) in [7, 11) is 0. The number of rotatable bonds is 5. The van der Waals surface area contributed by atoms with Crippen LogP contribution in [0.5, 0.6) is 5.75 Å². The predicted molar refractivity (Wildman–Crippen MR) is 97.6 cm³/mol. The quantitative estimate of drug-likeness (QED) is 0.814. The van der Waals surface area contributed by atoms with Gasteiger partial charge in [0, 0.05) is 25.6 Å². The highest BCUT2D eigenvalue weighted by Crippen LogP contribution is 2.39. The molecule has 6 nitrogen and oxygen atoms in total. The Balaban J connectivity index is 1.35. The standard InChI is InChI=1S/C20H26FN3O3/c21-15-4-6-16(7-5-15)27-12-19(25)23-11-18-14-8-13(9-22-10-14)17-2-1-3-20(26)24(17)18/h4-7,13-14,17-18,22H,1-3,8-12H2,(H,23,25)/t13-,14+,17+,18+/m1/s1. The molecule has 7 heteroatoms. The third kappa shape index (κ3) is 3.93. The molecule has 3 aliphatic heterocycles. The normalized spacial score (nSPS) is 29.8. The number of carbonyl (C=O) groups excluding carboxylic acids is 2. The maximum atomic E-state index is 12.9. The molecule has 3 heterocycles. The summed E-state index contributed by atoms with van der Waals surface area (Å²) in [6.07, 6.45) is 3.75. The van der Waals surface area contributed by atoms with Crippen LogP contribution in [0.4, 0.5) is 4.39 Å². The molecule has 0 aromatic heterocycles. The topological polar surface area (TPSA) is 70.7 Å². The second-order valence-corrected chi connectivity index (χ2v) is 7.79. The molecule has 3 saturated heterocycles. The van der Waals surface area contributed by atoms with Gasteiger partial charge in [0.25, 0.3) is 5.91 Å². The Hall–Kier alpha value is -2.15. The zero-order valence-electron chi connectivity index (χ0n) is 15.3. The van der Waals surface area contributed by atoms with Crippen molar-refractivity contribution in [3.63, 3.8) is 0 Å². The lowest BCUT2D eigenvalue weighted by Gasteiger charge is -2.54. The van der Waals surface area contributed by atoms with Gasteiger partial charge in [0.2, 0.25) is 5.91 Å². The van der Waals surface area contributed by atoms with Crippen LogP contribution in [0.1, 0.15) is 25.7 Å². The summed E-state index contributed by atoms with van der Waals surface area (Å²) in [5.74, 6) is 1.01. The zero-order valence-corrected chi connectivity index (χ0v) is 15.3. The van der Waals surface area contributed by atoms with Crippen LogP contribution in [0, 0.1) is 17.7 Å². The highest BCUT2D eigenvalue weighted by Gasteiger charge is 2.47. The Morgan fingerprint density at radius 1 is 1.26 bits per heavy atom. The minimum Gasteiger partial charge on any atom is -0.484 e. The van der Waals surface area contributed by atoms with Gasteiger partial charge in [-0.2, -0.15) is 0 Å². The van der Waals surface area contributed by atoms with Gasteiger partial charge in [-0.1, -0.05) is 0 Å². The fourth-order valence-electron chi connectivity index (χ4n) is 4.85. The molecule has 1 aromatic rings. The van der Waals surface area contributed by atoms with E-state index in [1.165, 1.54) is 24.3 Å². The largest absolute Gasteiger partial charge is 0.484 e. The van der Waals surface area contributed by atoms with Crippen LogP contribution < -0.4 is 15.4 Å². The second kappa shape index (κ2) is 7.84. The number of benzene rings is 1. The van der Waals surface area contributed by atoms with Gasteiger partial charge in [-0.15, -0.1) is 0 Å². The summed E-state index contributed by atoms with van der Waals surface area (Å²) in [6, 6.07) is 5.92. The van der Waals surface area contributed by atoms with E-state index in [9.17, 15) is 14.0 Å². The van der Waals surface area contributed by atoms with E-state index in [1.807, 2.05) is 0 Å². The number of nitrogens with one attached hydrogen (secondary N) is 2. The van der Waals surface area contributed by atoms with E-state index >= 15 is 0 Å². The second-order valence-electron chi connectivity index (χ2n) is 7.79. The number of ether oxygens (including phenoxy) is 1. The summed E-state index contributed by atoms with van der Waals surface area (Å²) in [5, 5.41) is 6.43. The predicted octanol–water partition coefficient (Wildman–Crippen LogP) is 1.31. The maximum Gasteiger partial charge on any atom is 0.258 e. The van der Waals surface area contributed by atoms with Crippen LogP contribution in [-0.4, -0.2) is 55.0 Å². The van der Waals surface area contributed by atoms with Crippen molar-refractivity contribution in [2.75, 3.05) is 26.2 Å². The van der Waals surface area contributed by atoms with Crippen LogP contribution in [0.2, 0.25) is 0 Å². The lowest BCUT2D eigenvalue weighted by molar-refractivity contribution is -0.149. The van der Waals surface area contributed by atoms with E-state index in [0.29, 0.717) is 36.6 Å². The van der Waals surface area contributed by atoms with Crippen molar-refractivity contribution < 1.29 is 18.7 Å². The van der Waals surface area contributed by atoms with Crippen LogP contribution in [0.3, 0.4) is 0 Å². The van der Waals surface area contributed by atoms with Gasteiger partial charge < -0.3 is 20.3 Å². The number of hydrogen-bond acceptors (Lipinski definition) is 4. The molecular weight excluding hydrogens is 349 g/mol. The third-order valence-corrected chi connectivity index (χ3v) is 6.09. The molecule has 2 bridgehead atoms. The fourth-order valence-corrected chi connectivity index (χ4v) is 4.85. The van der Waals surface area contributed by atoms with Crippen molar-refractivity contribution in [3.8, 4) is 5.75 Å². The molecule has 0 saturated carbocycles. The van der Waals surface area contributed by atoms with Crippen LogP contribution >= 0.6 is 0 Å². The summed E-state index contributed by atoms with van der Waals surface area (Å²) in [6.45, 7) is 2.20. The number of amides is 2. The minimum atomic E-state index is -0.343. The number of halogens is 1. The Morgan fingerprint density at radius 2 is 2.04 bits per heavy atom. The Bertz CT molecular complexity index is 696. The molecule has 2 amide bonds. The monoisotopic (exact) mass is 375 g/mol. The molecule has 1 aromatic carbocycles. The first-order valence-electron chi connectivity index (χ1n) is 9.79. The lowest BCUT2D eigenvalue weighted by Crippen LogP contribution is -2.66. The molecule has 2 N–H and O–H groups in total. The number of fused-ring (bicyclic) bond motifs is 4. The van der Waals surface area contributed by atoms with Gasteiger partial charge in [-0.25, -0.2) is 4.39 Å². The average Bonchev–Trinajstić information content (AvgIpc) is 2.68. The number of piperidine rings is 3. The Morgan fingerprint density at radius 3 is 2.85 bits per heavy atom. The number of nitrogens with zero attached hydrogens (tertiary/aromatic N) is 1. The molecule has 0 radical (unpaired) electrons. The lowest BCUT2D eigenvalue weighted by atomic mass is 9.72. The van der Waals surface area contributed by atoms with E-state index in [4.69, 9.17) is 4.74 Å². The van der Waals surface area contributed by atoms with Gasteiger partial charge >= 0.3 is 0 Å². The van der Waals surface area contributed by atoms with Crippen LogP contribution in [0.25, 0.3) is 0 Å². The average molecular weight is 375 g/mol. The first-order chi connectivity index (χ1) is 13.1. The molecule has 3 fully saturated rings. The molecule has 4 atom stereocenters. The Kier molecular flexibility index (Phi) is 5.29. The first-order valence-corrected chi connectivity index (χ1v) is 9.79. The zero-order chi connectivity index (χ0) is 18.8. The number of carbonyl (C=O) groups is 2. The summed E-state index contributed by atoms with van der Waals surface area (Å²) in [5.41, 5.74) is 0. The van der Waals surface area contributed by atoms with E-state index < -0.39 is 0 Å². The number of hydrogen-bond donors (Lipinski definition) is 2. The van der Waals surface area contributed by atoms with E-state index in [1.54, 1.807) is 0 Å². The molecule has 27 heavy (non-hydrogen) atoms. The van der Waals surface area contributed by atoms with Crippen molar-refractivity contribution in [1.82, 2.24) is 15.5 Å². The van der Waals surface area contributed by atoms with E-state index in [-0.39, 0.29) is 30.3 Å². The highest BCUT2D eigenvalue weighted by atomic mass is 19.1.